The van der Waals surface area contributed by atoms with Crippen molar-refractivity contribution in [3.8, 4) is 0 Å². The molecule has 0 unspecified atom stereocenters. The number of hydrogen-bond acceptors (Lipinski definition) is 2. The van der Waals surface area contributed by atoms with Crippen LogP contribution in [0.3, 0.4) is 0 Å². The van der Waals surface area contributed by atoms with Gasteiger partial charge in [-0.3, -0.25) is 4.79 Å². The number of aliphatic hydroxyl groups is 1. The van der Waals surface area contributed by atoms with Crippen LogP contribution in [0.5, 0.6) is 0 Å². The van der Waals surface area contributed by atoms with Gasteiger partial charge in [-0.1, -0.05) is 19.1 Å². The molecule has 1 N–H and O–H groups in total. The van der Waals surface area contributed by atoms with Gasteiger partial charge < -0.3 is 5.11 Å². The van der Waals surface area contributed by atoms with E-state index in [0.717, 1.165) is 30.4 Å². The lowest BCUT2D eigenvalue weighted by Gasteiger charge is -2.24. The van der Waals surface area contributed by atoms with Crippen LogP contribution in [0.15, 0.2) is 23.3 Å². The molecule has 2 nitrogen and oxygen atoms in total. The minimum atomic E-state index is -0.918. The van der Waals surface area contributed by atoms with Gasteiger partial charge in [0.2, 0.25) is 0 Å². The molecule has 2 rings (SSSR count). The third-order valence-corrected chi connectivity index (χ3v) is 4.37. The van der Waals surface area contributed by atoms with E-state index in [1.165, 1.54) is 5.57 Å². The summed E-state index contributed by atoms with van der Waals surface area (Å²) in [6.45, 7) is 9.97. The van der Waals surface area contributed by atoms with Gasteiger partial charge in [0.25, 0.3) is 0 Å². The minimum Gasteiger partial charge on any atom is -0.385 e. The minimum absolute atomic E-state index is 0.153. The fourth-order valence-corrected chi connectivity index (χ4v) is 3.24. The summed E-state index contributed by atoms with van der Waals surface area (Å²) in [5, 5.41) is 10.4. The highest BCUT2D eigenvalue weighted by molar-refractivity contribution is 6.01. The summed E-state index contributed by atoms with van der Waals surface area (Å²) in [5.41, 5.74) is 2.15. The molecule has 3 atom stereocenters. The number of rotatable bonds is 1. The zero-order valence-electron chi connectivity index (χ0n) is 11.0. The third-order valence-electron chi connectivity index (χ3n) is 4.37. The van der Waals surface area contributed by atoms with Crippen LogP contribution in [0.25, 0.3) is 0 Å². The van der Waals surface area contributed by atoms with Crippen LogP contribution in [-0.4, -0.2) is 16.5 Å². The number of allylic oxidation sites excluding steroid dienone is 2. The fourth-order valence-electron chi connectivity index (χ4n) is 3.24. The summed E-state index contributed by atoms with van der Waals surface area (Å²) in [4.78, 5) is 12.0. The maximum atomic E-state index is 12.0. The first-order valence-electron chi connectivity index (χ1n) is 6.47. The quantitative estimate of drug-likeness (QED) is 0.708. The molecule has 0 aromatic carbocycles. The van der Waals surface area contributed by atoms with Crippen LogP contribution in [0.4, 0.5) is 0 Å². The Bertz CT molecular complexity index is 401. The van der Waals surface area contributed by atoms with E-state index in [1.807, 2.05) is 6.92 Å². The largest absolute Gasteiger partial charge is 0.385 e. The summed E-state index contributed by atoms with van der Waals surface area (Å²) >= 11 is 0. The molecule has 0 heterocycles. The molecule has 2 aliphatic rings. The van der Waals surface area contributed by atoms with Crippen LogP contribution < -0.4 is 0 Å². The summed E-state index contributed by atoms with van der Waals surface area (Å²) in [7, 11) is 0. The van der Waals surface area contributed by atoms with Gasteiger partial charge in [0.05, 0.1) is 5.60 Å². The normalized spacial score (nSPS) is 38.0. The van der Waals surface area contributed by atoms with E-state index in [9.17, 15) is 9.90 Å². The van der Waals surface area contributed by atoms with E-state index in [4.69, 9.17) is 0 Å². The van der Waals surface area contributed by atoms with Gasteiger partial charge in [0.1, 0.15) is 0 Å². The standard InChI is InChI=1S/C15H22O2/c1-9(2)11-6-5-10(3)14-12(7-11)15(4,17)8-13(14)16/h10-11,17H,1,5-8H2,2-4H3/t10-,11+,15+/m0/s1. The van der Waals surface area contributed by atoms with Crippen molar-refractivity contribution in [2.45, 2.75) is 52.1 Å². The number of carbonyl (C=O) groups is 1. The van der Waals surface area contributed by atoms with E-state index in [2.05, 4.69) is 13.5 Å². The zero-order valence-corrected chi connectivity index (χ0v) is 11.0. The molecule has 0 aromatic heterocycles. The molecule has 0 amide bonds. The Labute approximate surface area is 103 Å². The Morgan fingerprint density at radius 3 is 2.71 bits per heavy atom. The third kappa shape index (κ3) is 2.11. The highest BCUT2D eigenvalue weighted by Gasteiger charge is 2.43. The van der Waals surface area contributed by atoms with Crippen molar-refractivity contribution < 1.29 is 9.90 Å². The van der Waals surface area contributed by atoms with E-state index >= 15 is 0 Å². The summed E-state index contributed by atoms with van der Waals surface area (Å²) in [5.74, 6) is 0.859. The van der Waals surface area contributed by atoms with Crippen molar-refractivity contribution in [1.82, 2.24) is 0 Å². The first kappa shape index (κ1) is 12.6. The highest BCUT2D eigenvalue weighted by Crippen LogP contribution is 2.45. The maximum absolute atomic E-state index is 12.0. The van der Waals surface area contributed by atoms with E-state index in [-0.39, 0.29) is 18.1 Å². The number of Topliss-reactive ketones (excluding diaryl/α,β-unsaturated/α-hetero) is 1. The molecule has 0 aliphatic heterocycles. The summed E-state index contributed by atoms with van der Waals surface area (Å²) in [6, 6.07) is 0. The zero-order chi connectivity index (χ0) is 12.8. The molecule has 0 bridgehead atoms. The molecule has 17 heavy (non-hydrogen) atoms. The topological polar surface area (TPSA) is 37.3 Å². The van der Waals surface area contributed by atoms with Crippen molar-refractivity contribution in [2.24, 2.45) is 11.8 Å². The molecule has 0 fully saturated rings. The summed E-state index contributed by atoms with van der Waals surface area (Å²) in [6.07, 6.45) is 3.18. The van der Waals surface area contributed by atoms with E-state index in [1.54, 1.807) is 6.92 Å². The molecule has 0 saturated heterocycles. The van der Waals surface area contributed by atoms with Gasteiger partial charge in [-0.05, 0) is 50.5 Å². The Balaban J connectivity index is 2.41. The van der Waals surface area contributed by atoms with Gasteiger partial charge in [-0.25, -0.2) is 0 Å². The number of carbonyl (C=O) groups excluding carboxylic acids is 1. The molecule has 0 saturated carbocycles. The maximum Gasteiger partial charge on any atom is 0.162 e. The molecule has 2 heteroatoms. The van der Waals surface area contributed by atoms with Crippen molar-refractivity contribution >= 4 is 5.78 Å². The molecular weight excluding hydrogens is 212 g/mol. The SMILES string of the molecule is C=C(C)[C@@H]1CC[C@H](C)C2=C(C1)[C@](C)(O)CC2=O. The van der Waals surface area contributed by atoms with Crippen molar-refractivity contribution in [2.75, 3.05) is 0 Å². The fraction of sp³-hybridized carbons (Fsp3) is 0.667. The van der Waals surface area contributed by atoms with Crippen LogP contribution in [-0.2, 0) is 4.79 Å². The molecule has 2 aliphatic carbocycles. The second-order valence-electron chi connectivity index (χ2n) is 5.99. The van der Waals surface area contributed by atoms with Crippen LogP contribution in [0, 0.1) is 11.8 Å². The lowest BCUT2D eigenvalue weighted by molar-refractivity contribution is -0.117. The Morgan fingerprint density at radius 1 is 1.47 bits per heavy atom. The van der Waals surface area contributed by atoms with Crippen LogP contribution >= 0.6 is 0 Å². The van der Waals surface area contributed by atoms with E-state index in [0.29, 0.717) is 5.92 Å². The van der Waals surface area contributed by atoms with Crippen LogP contribution in [0.2, 0.25) is 0 Å². The Hall–Kier alpha value is -0.890. The van der Waals surface area contributed by atoms with Crippen molar-refractivity contribution in [3.05, 3.63) is 23.3 Å². The summed E-state index contributed by atoms with van der Waals surface area (Å²) < 4.78 is 0. The lowest BCUT2D eigenvalue weighted by atomic mass is 9.85. The number of hydrogen-bond donors (Lipinski definition) is 1. The lowest BCUT2D eigenvalue weighted by Crippen LogP contribution is -2.25. The first-order chi connectivity index (χ1) is 7.83. The molecule has 94 valence electrons. The second-order valence-corrected chi connectivity index (χ2v) is 5.99. The predicted molar refractivity (Wildman–Crippen MR) is 68.6 cm³/mol. The molecule has 0 spiro atoms. The van der Waals surface area contributed by atoms with Gasteiger partial charge in [0, 0.05) is 12.0 Å². The average molecular weight is 234 g/mol. The first-order valence-corrected chi connectivity index (χ1v) is 6.47. The van der Waals surface area contributed by atoms with Crippen molar-refractivity contribution in [3.63, 3.8) is 0 Å². The van der Waals surface area contributed by atoms with Gasteiger partial charge in [-0.2, -0.15) is 0 Å². The Morgan fingerprint density at radius 2 is 2.12 bits per heavy atom. The van der Waals surface area contributed by atoms with Gasteiger partial charge in [-0.15, -0.1) is 0 Å². The van der Waals surface area contributed by atoms with Crippen molar-refractivity contribution in [1.29, 1.82) is 0 Å². The highest BCUT2D eigenvalue weighted by atomic mass is 16.3. The second kappa shape index (κ2) is 4.09. The van der Waals surface area contributed by atoms with Gasteiger partial charge in [0.15, 0.2) is 5.78 Å². The smallest absolute Gasteiger partial charge is 0.162 e. The molecule has 0 aromatic rings. The number of ketones is 1. The van der Waals surface area contributed by atoms with E-state index < -0.39 is 5.60 Å². The molecular formula is C15H22O2. The predicted octanol–water partition coefficient (Wildman–Crippen LogP) is 3.02. The molecule has 0 radical (unpaired) electrons. The average Bonchev–Trinajstić information content (AvgIpc) is 2.34. The Kier molecular flexibility index (Phi) is 3.03. The van der Waals surface area contributed by atoms with Crippen LogP contribution in [0.1, 0.15) is 46.5 Å². The van der Waals surface area contributed by atoms with Gasteiger partial charge >= 0.3 is 0 Å². The monoisotopic (exact) mass is 234 g/mol.